The summed E-state index contributed by atoms with van der Waals surface area (Å²) < 4.78 is 0. The van der Waals surface area contributed by atoms with Gasteiger partial charge in [-0.15, -0.1) is 0 Å². The minimum atomic E-state index is -0.358. The molecule has 1 aliphatic rings. The van der Waals surface area contributed by atoms with Crippen LogP contribution in [0.15, 0.2) is 16.3 Å². The number of aliphatic imine (C=N–C) groups is 1. The highest BCUT2D eigenvalue weighted by atomic mass is 16.1. The van der Waals surface area contributed by atoms with Crippen LogP contribution in [0.4, 0.5) is 0 Å². The van der Waals surface area contributed by atoms with E-state index >= 15 is 0 Å². The average molecular weight is 179 g/mol. The summed E-state index contributed by atoms with van der Waals surface area (Å²) in [6.45, 7) is 9.84. The largest absolute Gasteiger partial charge is 0.292 e. The van der Waals surface area contributed by atoms with Crippen molar-refractivity contribution in [2.75, 3.05) is 0 Å². The maximum atomic E-state index is 11.8. The summed E-state index contributed by atoms with van der Waals surface area (Å²) in [5.41, 5.74) is 2.41. The smallest absolute Gasteiger partial charge is 0.188 e. The Balaban J connectivity index is 3.27. The van der Waals surface area contributed by atoms with Gasteiger partial charge in [-0.05, 0) is 34.1 Å². The lowest BCUT2D eigenvalue weighted by Crippen LogP contribution is -2.27. The van der Waals surface area contributed by atoms with Crippen molar-refractivity contribution >= 4 is 11.5 Å². The van der Waals surface area contributed by atoms with Gasteiger partial charge >= 0.3 is 0 Å². The van der Waals surface area contributed by atoms with E-state index in [2.05, 4.69) is 4.99 Å². The van der Waals surface area contributed by atoms with E-state index in [9.17, 15) is 4.79 Å². The summed E-state index contributed by atoms with van der Waals surface area (Å²) in [7, 11) is 0. The molecule has 0 amide bonds. The number of nitrogens with zero attached hydrogens (tertiary/aromatic N) is 1. The molecule has 0 saturated heterocycles. The van der Waals surface area contributed by atoms with Crippen molar-refractivity contribution in [3.8, 4) is 0 Å². The summed E-state index contributed by atoms with van der Waals surface area (Å²) >= 11 is 0. The molecule has 1 rings (SSSR count). The number of allylic oxidation sites excluding steroid dienone is 2. The van der Waals surface area contributed by atoms with Gasteiger partial charge in [0.2, 0.25) is 0 Å². The zero-order chi connectivity index (χ0) is 10.2. The minimum absolute atomic E-state index is 0.186. The van der Waals surface area contributed by atoms with Crippen molar-refractivity contribution in [2.24, 2.45) is 10.4 Å². The molecule has 0 aromatic carbocycles. The van der Waals surface area contributed by atoms with Gasteiger partial charge in [0.15, 0.2) is 5.78 Å². The van der Waals surface area contributed by atoms with Crippen molar-refractivity contribution in [1.82, 2.24) is 0 Å². The van der Waals surface area contributed by atoms with E-state index in [4.69, 9.17) is 0 Å². The number of hydrogen-bond acceptors (Lipinski definition) is 2. The Hall–Kier alpha value is -0.920. The third-order valence-electron chi connectivity index (χ3n) is 2.81. The van der Waals surface area contributed by atoms with Gasteiger partial charge < -0.3 is 0 Å². The Morgan fingerprint density at radius 2 is 2.00 bits per heavy atom. The maximum absolute atomic E-state index is 11.8. The van der Waals surface area contributed by atoms with Crippen molar-refractivity contribution in [3.05, 3.63) is 11.3 Å². The standard InChI is InChI=1S/C11H17NO/c1-6-11(5)9(7(2)3)12-8(4)10(11)13/h6H2,1-5H3. The van der Waals surface area contributed by atoms with Gasteiger partial charge in [0.1, 0.15) is 0 Å². The number of carbonyl (C=O) groups excluding carboxylic acids is 1. The monoisotopic (exact) mass is 179 g/mol. The molecule has 2 heteroatoms. The molecule has 0 aromatic heterocycles. The van der Waals surface area contributed by atoms with Crippen molar-refractivity contribution < 1.29 is 4.79 Å². The lowest BCUT2D eigenvalue weighted by molar-refractivity contribution is -0.118. The lowest BCUT2D eigenvalue weighted by atomic mass is 9.79. The first kappa shape index (κ1) is 10.2. The fourth-order valence-electron chi connectivity index (χ4n) is 1.84. The van der Waals surface area contributed by atoms with Crippen LogP contribution in [-0.2, 0) is 4.79 Å². The molecule has 0 fully saturated rings. The van der Waals surface area contributed by atoms with Gasteiger partial charge in [-0.3, -0.25) is 9.79 Å². The Morgan fingerprint density at radius 1 is 1.46 bits per heavy atom. The van der Waals surface area contributed by atoms with Crippen molar-refractivity contribution in [1.29, 1.82) is 0 Å². The van der Waals surface area contributed by atoms with Gasteiger partial charge in [-0.1, -0.05) is 12.5 Å². The highest BCUT2D eigenvalue weighted by Gasteiger charge is 2.42. The summed E-state index contributed by atoms with van der Waals surface area (Å²) in [5.74, 6) is 0.186. The van der Waals surface area contributed by atoms with Gasteiger partial charge in [-0.25, -0.2) is 0 Å². The van der Waals surface area contributed by atoms with E-state index in [1.807, 2.05) is 27.7 Å². The summed E-state index contributed by atoms with van der Waals surface area (Å²) in [6.07, 6.45) is 0.827. The average Bonchev–Trinajstić information content (AvgIpc) is 2.31. The highest BCUT2D eigenvalue weighted by molar-refractivity contribution is 6.43. The van der Waals surface area contributed by atoms with E-state index in [0.29, 0.717) is 5.71 Å². The van der Waals surface area contributed by atoms with Crippen molar-refractivity contribution in [2.45, 2.75) is 41.0 Å². The molecular weight excluding hydrogens is 162 g/mol. The van der Waals surface area contributed by atoms with E-state index in [0.717, 1.165) is 17.7 Å². The second-order valence-corrected chi connectivity index (χ2v) is 4.06. The predicted molar refractivity (Wildman–Crippen MR) is 54.9 cm³/mol. The molecular formula is C11H17NO. The van der Waals surface area contributed by atoms with Gasteiger partial charge in [-0.2, -0.15) is 0 Å². The highest BCUT2D eigenvalue weighted by Crippen LogP contribution is 2.39. The van der Waals surface area contributed by atoms with Crippen LogP contribution in [0.3, 0.4) is 0 Å². The summed E-state index contributed by atoms with van der Waals surface area (Å²) in [4.78, 5) is 16.1. The SMILES string of the molecule is CCC1(C)C(=O)C(C)=NC1=C(C)C. The minimum Gasteiger partial charge on any atom is -0.292 e. The molecule has 1 heterocycles. The molecule has 0 spiro atoms. The number of Topliss-reactive ketones (excluding diaryl/α,β-unsaturated/α-hetero) is 1. The molecule has 1 unspecified atom stereocenters. The van der Waals surface area contributed by atoms with Gasteiger partial charge in [0.05, 0.1) is 16.8 Å². The van der Waals surface area contributed by atoms with E-state index in [1.165, 1.54) is 0 Å². The molecule has 0 aromatic rings. The second-order valence-electron chi connectivity index (χ2n) is 4.06. The van der Waals surface area contributed by atoms with Crippen LogP contribution in [0, 0.1) is 5.41 Å². The van der Waals surface area contributed by atoms with Gasteiger partial charge in [0.25, 0.3) is 0 Å². The normalized spacial score (nSPS) is 27.9. The van der Waals surface area contributed by atoms with E-state index < -0.39 is 0 Å². The number of ketones is 1. The van der Waals surface area contributed by atoms with Crippen LogP contribution in [0.5, 0.6) is 0 Å². The first-order chi connectivity index (χ1) is 5.93. The van der Waals surface area contributed by atoms with Gasteiger partial charge in [0, 0.05) is 0 Å². The van der Waals surface area contributed by atoms with Crippen LogP contribution in [0.2, 0.25) is 0 Å². The fraction of sp³-hybridized carbons (Fsp3) is 0.636. The molecule has 13 heavy (non-hydrogen) atoms. The lowest BCUT2D eigenvalue weighted by Gasteiger charge is -2.21. The third kappa shape index (κ3) is 1.34. The van der Waals surface area contributed by atoms with Crippen LogP contribution in [0.1, 0.15) is 41.0 Å². The Kier molecular flexibility index (Phi) is 2.42. The first-order valence-electron chi connectivity index (χ1n) is 4.71. The molecule has 0 bridgehead atoms. The second kappa shape index (κ2) is 3.09. The van der Waals surface area contributed by atoms with E-state index in [1.54, 1.807) is 6.92 Å². The topological polar surface area (TPSA) is 29.4 Å². The van der Waals surface area contributed by atoms with Crippen LogP contribution >= 0.6 is 0 Å². The predicted octanol–water partition coefficient (Wildman–Crippen LogP) is 2.74. The fourth-order valence-corrected chi connectivity index (χ4v) is 1.84. The molecule has 1 atom stereocenters. The van der Waals surface area contributed by atoms with E-state index in [-0.39, 0.29) is 11.2 Å². The Morgan fingerprint density at radius 3 is 2.31 bits per heavy atom. The quantitative estimate of drug-likeness (QED) is 0.608. The molecule has 2 nitrogen and oxygen atoms in total. The third-order valence-corrected chi connectivity index (χ3v) is 2.81. The Labute approximate surface area is 79.8 Å². The summed E-state index contributed by atoms with van der Waals surface area (Å²) in [5, 5.41) is 0. The molecule has 0 aliphatic carbocycles. The zero-order valence-corrected chi connectivity index (χ0v) is 9.06. The van der Waals surface area contributed by atoms with Crippen molar-refractivity contribution in [3.63, 3.8) is 0 Å². The zero-order valence-electron chi connectivity index (χ0n) is 9.06. The van der Waals surface area contributed by atoms with Crippen LogP contribution < -0.4 is 0 Å². The first-order valence-corrected chi connectivity index (χ1v) is 4.71. The Bertz CT molecular complexity index is 308. The number of hydrogen-bond donors (Lipinski definition) is 0. The van der Waals surface area contributed by atoms with Crippen LogP contribution in [-0.4, -0.2) is 11.5 Å². The molecule has 0 N–H and O–H groups in total. The molecule has 72 valence electrons. The molecule has 0 saturated carbocycles. The number of carbonyl (C=O) groups is 1. The maximum Gasteiger partial charge on any atom is 0.188 e. The van der Waals surface area contributed by atoms with Crippen LogP contribution in [0.25, 0.3) is 0 Å². The number of rotatable bonds is 1. The molecule has 0 radical (unpaired) electrons. The summed E-state index contributed by atoms with van der Waals surface area (Å²) in [6, 6.07) is 0. The molecule has 1 aliphatic heterocycles.